The number of nitrogens with zero attached hydrogens (tertiary/aromatic N) is 3. The van der Waals surface area contributed by atoms with Gasteiger partial charge in [-0.15, -0.1) is 11.3 Å². The van der Waals surface area contributed by atoms with E-state index in [4.69, 9.17) is 5.73 Å². The van der Waals surface area contributed by atoms with Crippen LogP contribution >= 0.6 is 11.3 Å². The number of benzene rings is 2. The molecule has 0 bridgehead atoms. The number of piperidine rings is 1. The van der Waals surface area contributed by atoms with Crippen LogP contribution in [-0.4, -0.2) is 28.9 Å². The van der Waals surface area contributed by atoms with E-state index >= 15 is 0 Å². The average molecular weight is 468 g/mol. The molecule has 0 atom stereocenters. The van der Waals surface area contributed by atoms with Gasteiger partial charge in [0.1, 0.15) is 28.0 Å². The summed E-state index contributed by atoms with van der Waals surface area (Å²) >= 11 is 1.45. The van der Waals surface area contributed by atoms with Crippen molar-refractivity contribution in [3.8, 4) is 17.2 Å². The van der Waals surface area contributed by atoms with Crippen LogP contribution < -0.4 is 11.1 Å². The van der Waals surface area contributed by atoms with Gasteiger partial charge < -0.3 is 16.0 Å². The van der Waals surface area contributed by atoms with Crippen molar-refractivity contribution in [2.45, 2.75) is 26.2 Å². The van der Waals surface area contributed by atoms with Crippen LogP contribution in [0.3, 0.4) is 0 Å². The molecule has 0 spiro atoms. The molecular formula is C27H25N5OS. The van der Waals surface area contributed by atoms with Gasteiger partial charge in [-0.3, -0.25) is 4.79 Å². The third kappa shape index (κ3) is 3.97. The number of anilines is 3. The Labute approximate surface area is 202 Å². The Bertz CT molecular complexity index is 1400. The number of amides is 1. The maximum Gasteiger partial charge on any atom is 0.259 e. The van der Waals surface area contributed by atoms with E-state index in [-0.39, 0.29) is 11.7 Å². The van der Waals surface area contributed by atoms with Crippen LogP contribution in [0.5, 0.6) is 0 Å². The van der Waals surface area contributed by atoms with Crippen molar-refractivity contribution in [2.75, 3.05) is 24.1 Å². The van der Waals surface area contributed by atoms with Gasteiger partial charge in [-0.05, 0) is 43.9 Å². The second kappa shape index (κ2) is 9.16. The standard InChI is InChI=1S/C27H25N5OS/c1-17-10-12-19(13-11-17)30-26-22(27(33)32-14-6-3-7-15-32)23-24(34-26)21(18-8-4-2-5-9-18)20(16-28)25(29)31-23/h2,4-5,8-13,30H,3,6-7,14-15H2,1H3,(H2,29,31). The summed E-state index contributed by atoms with van der Waals surface area (Å²) in [5.41, 5.74) is 11.3. The first-order valence-electron chi connectivity index (χ1n) is 11.4. The van der Waals surface area contributed by atoms with Gasteiger partial charge in [0.15, 0.2) is 0 Å². The van der Waals surface area contributed by atoms with E-state index in [1.54, 1.807) is 0 Å². The number of aromatic nitrogens is 1. The van der Waals surface area contributed by atoms with Gasteiger partial charge in [0.25, 0.3) is 5.91 Å². The molecule has 7 heteroatoms. The van der Waals surface area contributed by atoms with Crippen LogP contribution in [0.4, 0.5) is 16.5 Å². The minimum Gasteiger partial charge on any atom is -0.383 e. The number of hydrogen-bond donors (Lipinski definition) is 2. The number of carbonyl (C=O) groups is 1. The number of nitrogens with one attached hydrogen (secondary N) is 1. The lowest BCUT2D eigenvalue weighted by Gasteiger charge is -2.27. The van der Waals surface area contributed by atoms with Crippen molar-refractivity contribution in [2.24, 2.45) is 0 Å². The van der Waals surface area contributed by atoms with E-state index in [0.717, 1.165) is 59.4 Å². The number of fused-ring (bicyclic) bond motifs is 1. The molecule has 3 N–H and O–H groups in total. The second-order valence-electron chi connectivity index (χ2n) is 8.55. The molecule has 3 heterocycles. The van der Waals surface area contributed by atoms with Gasteiger partial charge in [0.05, 0.1) is 10.2 Å². The van der Waals surface area contributed by atoms with Gasteiger partial charge >= 0.3 is 0 Å². The highest BCUT2D eigenvalue weighted by atomic mass is 32.1. The van der Waals surface area contributed by atoms with Crippen molar-refractivity contribution in [3.63, 3.8) is 0 Å². The SMILES string of the molecule is Cc1ccc(Nc2sc3c(-c4ccccc4)c(C#N)c(N)nc3c2C(=O)N2CCCCC2)cc1. The monoisotopic (exact) mass is 467 g/mol. The van der Waals surface area contributed by atoms with E-state index < -0.39 is 0 Å². The number of thiophene rings is 1. The number of carbonyl (C=O) groups excluding carboxylic acids is 1. The van der Waals surface area contributed by atoms with Crippen molar-refractivity contribution >= 4 is 44.0 Å². The molecule has 34 heavy (non-hydrogen) atoms. The zero-order valence-electron chi connectivity index (χ0n) is 19.0. The first kappa shape index (κ1) is 21.9. The molecule has 2 aromatic carbocycles. The Morgan fingerprint density at radius 1 is 1.09 bits per heavy atom. The van der Waals surface area contributed by atoms with Crippen molar-refractivity contribution in [1.29, 1.82) is 5.26 Å². The van der Waals surface area contributed by atoms with Crippen LogP contribution in [0.1, 0.15) is 40.7 Å². The summed E-state index contributed by atoms with van der Waals surface area (Å²) in [4.78, 5) is 20.3. The summed E-state index contributed by atoms with van der Waals surface area (Å²) in [6, 6.07) is 20.0. The molecule has 170 valence electrons. The summed E-state index contributed by atoms with van der Waals surface area (Å²) in [6.07, 6.45) is 3.13. The molecule has 2 aromatic heterocycles. The number of rotatable bonds is 4. The molecular weight excluding hydrogens is 442 g/mol. The highest BCUT2D eigenvalue weighted by Crippen LogP contribution is 2.44. The minimum absolute atomic E-state index is 0.0452. The summed E-state index contributed by atoms with van der Waals surface area (Å²) in [5.74, 6) is 0.0948. The number of likely N-dealkylation sites (tertiary alicyclic amines) is 1. The van der Waals surface area contributed by atoms with E-state index in [1.165, 1.54) is 11.3 Å². The predicted octanol–water partition coefficient (Wildman–Crippen LogP) is 6.10. The van der Waals surface area contributed by atoms with Gasteiger partial charge in [0, 0.05) is 24.3 Å². The maximum absolute atomic E-state index is 13.8. The van der Waals surface area contributed by atoms with Gasteiger partial charge in [-0.25, -0.2) is 4.98 Å². The molecule has 0 aliphatic carbocycles. The number of hydrogen-bond acceptors (Lipinski definition) is 6. The highest BCUT2D eigenvalue weighted by molar-refractivity contribution is 7.24. The number of nitrogen functional groups attached to an aromatic ring is 1. The summed E-state index contributed by atoms with van der Waals surface area (Å²) < 4.78 is 0.784. The zero-order valence-corrected chi connectivity index (χ0v) is 19.8. The van der Waals surface area contributed by atoms with Crippen molar-refractivity contribution in [3.05, 3.63) is 71.3 Å². The molecule has 5 rings (SSSR count). The second-order valence-corrected chi connectivity index (χ2v) is 9.57. The summed E-state index contributed by atoms with van der Waals surface area (Å²) in [6.45, 7) is 3.51. The summed E-state index contributed by atoms with van der Waals surface area (Å²) in [5, 5.41) is 14.1. The molecule has 1 amide bonds. The third-order valence-corrected chi connectivity index (χ3v) is 7.30. The van der Waals surface area contributed by atoms with Crippen molar-refractivity contribution in [1.82, 2.24) is 9.88 Å². The normalized spacial score (nSPS) is 13.6. The number of nitrogens with two attached hydrogens (primary N) is 1. The van der Waals surface area contributed by atoms with E-state index in [9.17, 15) is 10.1 Å². The highest BCUT2D eigenvalue weighted by Gasteiger charge is 2.29. The number of aryl methyl sites for hydroxylation is 1. The number of nitriles is 1. The van der Waals surface area contributed by atoms with Gasteiger partial charge in [-0.1, -0.05) is 48.0 Å². The average Bonchev–Trinajstić information content (AvgIpc) is 3.22. The quantitative estimate of drug-likeness (QED) is 0.378. The first-order valence-corrected chi connectivity index (χ1v) is 12.2. The Morgan fingerprint density at radius 3 is 2.47 bits per heavy atom. The Hall–Kier alpha value is -3.89. The molecule has 0 saturated carbocycles. The lowest BCUT2D eigenvalue weighted by atomic mass is 9.99. The first-order chi connectivity index (χ1) is 16.6. The van der Waals surface area contributed by atoms with E-state index in [0.29, 0.717) is 21.6 Å². The Kier molecular flexibility index (Phi) is 5.91. The van der Waals surface area contributed by atoms with Crippen LogP contribution in [0.2, 0.25) is 0 Å². The van der Waals surface area contributed by atoms with E-state index in [1.807, 2.05) is 66.4 Å². The van der Waals surface area contributed by atoms with Gasteiger partial charge in [0.2, 0.25) is 0 Å². The zero-order chi connectivity index (χ0) is 23.7. The van der Waals surface area contributed by atoms with Crippen LogP contribution in [0.25, 0.3) is 21.3 Å². The smallest absolute Gasteiger partial charge is 0.259 e. The fourth-order valence-electron chi connectivity index (χ4n) is 4.42. The molecule has 1 fully saturated rings. The Balaban J connectivity index is 1.76. The largest absolute Gasteiger partial charge is 0.383 e. The van der Waals surface area contributed by atoms with Crippen LogP contribution in [-0.2, 0) is 0 Å². The maximum atomic E-state index is 13.8. The number of pyridine rings is 1. The van der Waals surface area contributed by atoms with Crippen LogP contribution in [0.15, 0.2) is 54.6 Å². The lowest BCUT2D eigenvalue weighted by Crippen LogP contribution is -2.35. The molecule has 6 nitrogen and oxygen atoms in total. The molecule has 0 unspecified atom stereocenters. The lowest BCUT2D eigenvalue weighted by molar-refractivity contribution is 0.0727. The predicted molar refractivity (Wildman–Crippen MR) is 138 cm³/mol. The van der Waals surface area contributed by atoms with Crippen LogP contribution in [0, 0.1) is 18.3 Å². The minimum atomic E-state index is -0.0452. The molecule has 1 saturated heterocycles. The molecule has 1 aliphatic rings. The fourth-order valence-corrected chi connectivity index (χ4v) is 5.64. The fraction of sp³-hybridized carbons (Fsp3) is 0.222. The van der Waals surface area contributed by atoms with Gasteiger partial charge in [-0.2, -0.15) is 5.26 Å². The molecule has 4 aromatic rings. The third-order valence-electron chi connectivity index (χ3n) is 6.19. The molecule has 1 aliphatic heterocycles. The Morgan fingerprint density at radius 2 is 1.79 bits per heavy atom. The van der Waals surface area contributed by atoms with Crippen molar-refractivity contribution < 1.29 is 4.79 Å². The van der Waals surface area contributed by atoms with E-state index in [2.05, 4.69) is 16.4 Å². The summed E-state index contributed by atoms with van der Waals surface area (Å²) in [7, 11) is 0. The molecule has 0 radical (unpaired) electrons. The topological polar surface area (TPSA) is 95.0 Å².